The van der Waals surface area contributed by atoms with Crippen LogP contribution in [0.3, 0.4) is 0 Å². The van der Waals surface area contributed by atoms with Crippen LogP contribution >= 0.6 is 12.2 Å². The molecule has 1 heterocycles. The second-order valence-electron chi connectivity index (χ2n) is 8.67. The fourth-order valence-electron chi connectivity index (χ4n) is 6.19. The molecule has 7 heteroatoms. The average molecular weight is 387 g/mol. The highest BCUT2D eigenvalue weighted by Crippen LogP contribution is 2.60. The minimum Gasteiger partial charge on any atom is -0.480 e. The van der Waals surface area contributed by atoms with Crippen molar-refractivity contribution in [1.82, 2.24) is 14.3 Å². The third-order valence-electron chi connectivity index (χ3n) is 6.72. The molecule has 0 radical (unpaired) electrons. The van der Waals surface area contributed by atoms with Crippen molar-refractivity contribution in [3.8, 4) is 5.69 Å². The molecule has 1 aromatic heterocycles. The molecular weight excluding hydrogens is 365 g/mol. The van der Waals surface area contributed by atoms with Crippen LogP contribution in [-0.2, 0) is 16.8 Å². The van der Waals surface area contributed by atoms with Gasteiger partial charge < -0.3 is 5.11 Å². The first kappa shape index (κ1) is 17.1. The quantitative estimate of drug-likeness (QED) is 0.803. The first-order chi connectivity index (χ1) is 12.9. The molecular formula is C20H22FN3O2S. The van der Waals surface area contributed by atoms with Gasteiger partial charge in [-0.1, -0.05) is 0 Å². The minimum absolute atomic E-state index is 0.0412. The Morgan fingerprint density at radius 3 is 2.22 bits per heavy atom. The highest BCUT2D eigenvalue weighted by atomic mass is 32.1. The molecule has 0 aliphatic heterocycles. The molecule has 5 nitrogen and oxygen atoms in total. The van der Waals surface area contributed by atoms with Gasteiger partial charge in [0.2, 0.25) is 4.77 Å². The monoisotopic (exact) mass is 387 g/mol. The Hall–Kier alpha value is -2.02. The normalized spacial score (nSPS) is 31.4. The molecule has 142 valence electrons. The first-order valence-corrected chi connectivity index (χ1v) is 10.0. The molecule has 0 spiro atoms. The van der Waals surface area contributed by atoms with E-state index in [4.69, 9.17) is 17.3 Å². The number of carbonyl (C=O) groups is 1. The lowest BCUT2D eigenvalue weighted by Gasteiger charge is -2.56. The van der Waals surface area contributed by atoms with Crippen LogP contribution in [-0.4, -0.2) is 25.4 Å². The number of aliphatic carboxylic acids is 1. The van der Waals surface area contributed by atoms with Gasteiger partial charge in [-0.15, -0.1) is 0 Å². The molecule has 4 aliphatic rings. The van der Waals surface area contributed by atoms with E-state index in [-0.39, 0.29) is 17.8 Å². The third-order valence-corrected chi connectivity index (χ3v) is 7.12. The van der Waals surface area contributed by atoms with Crippen LogP contribution in [0, 0.1) is 28.3 Å². The average Bonchev–Trinajstić information content (AvgIpc) is 2.91. The number of carboxylic acids is 1. The lowest BCUT2D eigenvalue weighted by molar-refractivity contribution is -0.137. The molecule has 4 saturated carbocycles. The molecule has 0 atom stereocenters. The Bertz CT molecular complexity index is 927. The Labute approximate surface area is 161 Å². The van der Waals surface area contributed by atoms with Gasteiger partial charge in [-0.3, -0.25) is 9.36 Å². The smallest absolute Gasteiger partial charge is 0.325 e. The summed E-state index contributed by atoms with van der Waals surface area (Å²) < 4.78 is 17.1. The summed E-state index contributed by atoms with van der Waals surface area (Å²) in [6.45, 7) is -0.258. The number of benzene rings is 1. The lowest BCUT2D eigenvalue weighted by Crippen LogP contribution is -2.49. The molecule has 2 aromatic rings. The van der Waals surface area contributed by atoms with E-state index < -0.39 is 5.97 Å². The van der Waals surface area contributed by atoms with Gasteiger partial charge in [-0.2, -0.15) is 5.10 Å². The van der Waals surface area contributed by atoms with Crippen LogP contribution < -0.4 is 0 Å². The minimum atomic E-state index is -0.966. The SMILES string of the molecule is O=C(O)Cn1nc(C23CC4CC(CC(C4)C2)C3)n(-c2ccc(F)cc2)c1=S. The molecule has 0 saturated heterocycles. The van der Waals surface area contributed by atoms with E-state index in [1.54, 1.807) is 12.1 Å². The number of carboxylic acid groups (broad SMARTS) is 1. The van der Waals surface area contributed by atoms with Gasteiger partial charge in [0, 0.05) is 11.1 Å². The Morgan fingerprint density at radius 2 is 1.70 bits per heavy atom. The zero-order chi connectivity index (χ0) is 18.8. The lowest BCUT2D eigenvalue weighted by atomic mass is 9.49. The van der Waals surface area contributed by atoms with Crippen LogP contribution in [0.4, 0.5) is 4.39 Å². The highest BCUT2D eigenvalue weighted by molar-refractivity contribution is 7.71. The third kappa shape index (κ3) is 2.74. The number of halogens is 1. The van der Waals surface area contributed by atoms with Crippen LogP contribution in [0.5, 0.6) is 0 Å². The second kappa shape index (κ2) is 5.99. The van der Waals surface area contributed by atoms with Crippen molar-refractivity contribution in [3.05, 3.63) is 40.7 Å². The summed E-state index contributed by atoms with van der Waals surface area (Å²) in [4.78, 5) is 11.3. The molecule has 0 amide bonds. The zero-order valence-electron chi connectivity index (χ0n) is 15.0. The van der Waals surface area contributed by atoms with Crippen LogP contribution in [0.1, 0.15) is 44.3 Å². The Kier molecular flexibility index (Phi) is 3.79. The fraction of sp³-hybridized carbons (Fsp3) is 0.550. The Balaban J connectivity index is 1.68. The molecule has 4 bridgehead atoms. The first-order valence-electron chi connectivity index (χ1n) is 9.61. The van der Waals surface area contributed by atoms with Gasteiger partial charge >= 0.3 is 5.97 Å². The van der Waals surface area contributed by atoms with E-state index in [1.165, 1.54) is 36.1 Å². The fourth-order valence-corrected chi connectivity index (χ4v) is 6.49. The van der Waals surface area contributed by atoms with Crippen molar-refractivity contribution in [1.29, 1.82) is 0 Å². The summed E-state index contributed by atoms with van der Waals surface area (Å²) >= 11 is 5.61. The molecule has 4 aliphatic carbocycles. The number of aromatic nitrogens is 3. The van der Waals surface area contributed by atoms with Crippen molar-refractivity contribution < 1.29 is 14.3 Å². The van der Waals surface area contributed by atoms with Crippen molar-refractivity contribution in [2.45, 2.75) is 50.5 Å². The van der Waals surface area contributed by atoms with E-state index in [9.17, 15) is 14.3 Å². The molecule has 4 fully saturated rings. The van der Waals surface area contributed by atoms with Gasteiger partial charge in [-0.25, -0.2) is 9.07 Å². The molecule has 1 N–H and O–H groups in total. The number of rotatable bonds is 4. The molecule has 6 rings (SSSR count). The van der Waals surface area contributed by atoms with Crippen molar-refractivity contribution in [3.63, 3.8) is 0 Å². The van der Waals surface area contributed by atoms with Crippen LogP contribution in [0.25, 0.3) is 5.69 Å². The maximum atomic E-state index is 13.5. The number of nitrogens with zero attached hydrogens (tertiary/aromatic N) is 3. The largest absolute Gasteiger partial charge is 0.480 e. The predicted molar refractivity (Wildman–Crippen MR) is 99.8 cm³/mol. The summed E-state index contributed by atoms with van der Waals surface area (Å²) in [5.41, 5.74) is 0.712. The summed E-state index contributed by atoms with van der Waals surface area (Å²) in [5, 5.41) is 14.0. The van der Waals surface area contributed by atoms with Crippen LogP contribution in [0.15, 0.2) is 24.3 Å². The number of hydrogen-bond donors (Lipinski definition) is 1. The summed E-state index contributed by atoms with van der Waals surface area (Å²) in [7, 11) is 0. The van der Waals surface area contributed by atoms with Crippen molar-refractivity contribution >= 4 is 18.2 Å². The summed E-state index contributed by atoms with van der Waals surface area (Å²) in [5.74, 6) is 1.80. The van der Waals surface area contributed by atoms with E-state index in [1.807, 2.05) is 4.57 Å². The van der Waals surface area contributed by atoms with E-state index in [0.29, 0.717) is 4.77 Å². The van der Waals surface area contributed by atoms with Gasteiger partial charge in [0.15, 0.2) is 0 Å². The highest BCUT2D eigenvalue weighted by Gasteiger charge is 2.54. The summed E-state index contributed by atoms with van der Waals surface area (Å²) in [6, 6.07) is 6.22. The number of hydrogen-bond acceptors (Lipinski definition) is 3. The van der Waals surface area contributed by atoms with Crippen molar-refractivity contribution in [2.24, 2.45) is 17.8 Å². The zero-order valence-corrected chi connectivity index (χ0v) is 15.8. The topological polar surface area (TPSA) is 60.0 Å². The maximum absolute atomic E-state index is 13.5. The second-order valence-corrected chi connectivity index (χ2v) is 9.03. The van der Waals surface area contributed by atoms with E-state index >= 15 is 0 Å². The van der Waals surface area contributed by atoms with E-state index in [0.717, 1.165) is 48.5 Å². The van der Waals surface area contributed by atoms with Crippen molar-refractivity contribution in [2.75, 3.05) is 0 Å². The molecule has 1 aromatic carbocycles. The van der Waals surface area contributed by atoms with E-state index in [2.05, 4.69) is 0 Å². The summed E-state index contributed by atoms with van der Waals surface area (Å²) in [6.07, 6.45) is 7.22. The standard InChI is InChI=1S/C20H22FN3O2S/c21-15-1-3-16(4-2-15)24-18(22-23(19(24)27)11-17(25)26)20-8-12-5-13(9-20)7-14(6-12)10-20/h1-4,12-14H,5-11H2,(H,25,26). The van der Waals surface area contributed by atoms with Gasteiger partial charge in [0.1, 0.15) is 18.2 Å². The molecule has 27 heavy (non-hydrogen) atoms. The molecule has 0 unspecified atom stereocenters. The Morgan fingerprint density at radius 1 is 1.15 bits per heavy atom. The predicted octanol–water partition coefficient (Wildman–Crippen LogP) is 4.09. The van der Waals surface area contributed by atoms with Crippen LogP contribution in [0.2, 0.25) is 0 Å². The van der Waals surface area contributed by atoms with Gasteiger partial charge in [0.05, 0.1) is 0 Å². The maximum Gasteiger partial charge on any atom is 0.325 e. The van der Waals surface area contributed by atoms with Gasteiger partial charge in [-0.05, 0) is 92.8 Å². The van der Waals surface area contributed by atoms with Gasteiger partial charge in [0.25, 0.3) is 0 Å².